The topological polar surface area (TPSA) is 75.6 Å². The summed E-state index contributed by atoms with van der Waals surface area (Å²) in [5.74, 6) is -1.06. The van der Waals surface area contributed by atoms with Crippen LogP contribution in [0.4, 0.5) is 4.79 Å². The number of hydrogen-bond donors (Lipinski definition) is 2. The summed E-state index contributed by atoms with van der Waals surface area (Å²) in [4.78, 5) is 22.8. The molecule has 0 bridgehead atoms. The molecule has 96 valence electrons. The van der Waals surface area contributed by atoms with Crippen molar-refractivity contribution in [3.05, 3.63) is 12.7 Å². The van der Waals surface area contributed by atoms with Gasteiger partial charge in [-0.05, 0) is 27.2 Å². The first kappa shape index (κ1) is 13.5. The summed E-state index contributed by atoms with van der Waals surface area (Å²) in [6.07, 6.45) is 1.17. The lowest BCUT2D eigenvalue weighted by atomic mass is 10.0. The standard InChI is InChI=1S/C12H19NO4/c1-6-11(5)7-12(11,8(14)15)13-9(16)17-10(2,3)4/h6H,1,7H2,2-5H3,(H,13,16)(H,14,15). The monoisotopic (exact) mass is 241 g/mol. The minimum Gasteiger partial charge on any atom is -0.479 e. The highest BCUT2D eigenvalue weighted by molar-refractivity contribution is 5.90. The fraction of sp³-hybridized carbons (Fsp3) is 0.667. The molecule has 1 amide bonds. The molecule has 0 aliphatic heterocycles. The van der Waals surface area contributed by atoms with E-state index in [1.807, 2.05) is 0 Å². The van der Waals surface area contributed by atoms with Gasteiger partial charge in [-0.1, -0.05) is 13.0 Å². The van der Waals surface area contributed by atoms with Gasteiger partial charge in [0.2, 0.25) is 0 Å². The SMILES string of the molecule is C=CC1(C)CC1(NC(=O)OC(C)(C)C)C(=O)O. The zero-order valence-electron chi connectivity index (χ0n) is 10.7. The van der Waals surface area contributed by atoms with Crippen LogP contribution in [0.2, 0.25) is 0 Å². The van der Waals surface area contributed by atoms with E-state index < -0.39 is 28.6 Å². The van der Waals surface area contributed by atoms with Crippen LogP contribution in [-0.4, -0.2) is 28.3 Å². The highest BCUT2D eigenvalue weighted by atomic mass is 16.6. The predicted octanol–water partition coefficient (Wildman–Crippen LogP) is 1.93. The van der Waals surface area contributed by atoms with Crippen LogP contribution < -0.4 is 5.32 Å². The molecule has 0 aromatic rings. The number of carbonyl (C=O) groups excluding carboxylic acids is 1. The summed E-state index contributed by atoms with van der Waals surface area (Å²) in [6, 6.07) is 0. The molecular formula is C12H19NO4. The number of rotatable bonds is 3. The molecule has 1 aliphatic carbocycles. The number of alkyl carbamates (subject to hydrolysis) is 1. The highest BCUT2D eigenvalue weighted by Crippen LogP contribution is 2.57. The number of aliphatic carboxylic acids is 1. The summed E-state index contributed by atoms with van der Waals surface area (Å²) in [5, 5.41) is 11.6. The first-order chi connectivity index (χ1) is 7.56. The Labute approximate surface area is 101 Å². The van der Waals surface area contributed by atoms with E-state index in [0.717, 1.165) is 0 Å². The number of nitrogens with one attached hydrogen (secondary N) is 1. The van der Waals surface area contributed by atoms with Crippen LogP contribution in [0.1, 0.15) is 34.1 Å². The van der Waals surface area contributed by atoms with Crippen molar-refractivity contribution in [3.63, 3.8) is 0 Å². The third kappa shape index (κ3) is 2.43. The molecule has 1 aliphatic rings. The number of carboxylic acids is 1. The number of ether oxygens (including phenoxy) is 1. The minimum atomic E-state index is -1.28. The second-order valence-corrected chi connectivity index (χ2v) is 5.64. The minimum absolute atomic E-state index is 0.331. The Kier molecular flexibility index (Phi) is 2.99. The quantitative estimate of drug-likeness (QED) is 0.740. The van der Waals surface area contributed by atoms with Crippen molar-refractivity contribution >= 4 is 12.1 Å². The Morgan fingerprint density at radius 3 is 2.29 bits per heavy atom. The van der Waals surface area contributed by atoms with Gasteiger partial charge in [0, 0.05) is 5.41 Å². The van der Waals surface area contributed by atoms with Crippen LogP contribution in [0.3, 0.4) is 0 Å². The summed E-state index contributed by atoms with van der Waals surface area (Å²) >= 11 is 0. The van der Waals surface area contributed by atoms with E-state index >= 15 is 0 Å². The molecule has 0 radical (unpaired) electrons. The van der Waals surface area contributed by atoms with E-state index in [4.69, 9.17) is 4.74 Å². The third-order valence-corrected chi connectivity index (χ3v) is 3.01. The van der Waals surface area contributed by atoms with Gasteiger partial charge in [0.1, 0.15) is 5.60 Å². The molecule has 1 saturated carbocycles. The van der Waals surface area contributed by atoms with Crippen molar-refractivity contribution in [3.8, 4) is 0 Å². The zero-order valence-corrected chi connectivity index (χ0v) is 10.7. The van der Waals surface area contributed by atoms with E-state index in [9.17, 15) is 14.7 Å². The maximum Gasteiger partial charge on any atom is 0.408 e. The highest BCUT2D eigenvalue weighted by Gasteiger charge is 2.69. The van der Waals surface area contributed by atoms with Crippen LogP contribution in [0.25, 0.3) is 0 Å². The lowest BCUT2D eigenvalue weighted by Gasteiger charge is -2.23. The molecule has 5 heteroatoms. The van der Waals surface area contributed by atoms with Gasteiger partial charge < -0.3 is 15.2 Å². The maximum atomic E-state index is 11.6. The van der Waals surface area contributed by atoms with Gasteiger partial charge in [0.25, 0.3) is 0 Å². The fourth-order valence-corrected chi connectivity index (χ4v) is 1.79. The molecule has 0 aromatic heterocycles. The summed E-state index contributed by atoms with van der Waals surface area (Å²) in [5.41, 5.74) is -2.55. The maximum absolute atomic E-state index is 11.6. The summed E-state index contributed by atoms with van der Waals surface area (Å²) in [6.45, 7) is 10.5. The Morgan fingerprint density at radius 2 is 2.00 bits per heavy atom. The van der Waals surface area contributed by atoms with Crippen molar-refractivity contribution in [2.75, 3.05) is 0 Å². The smallest absolute Gasteiger partial charge is 0.408 e. The zero-order chi connectivity index (χ0) is 13.5. The Balaban J connectivity index is 2.76. The van der Waals surface area contributed by atoms with Gasteiger partial charge in [-0.3, -0.25) is 0 Å². The van der Waals surface area contributed by atoms with Crippen LogP contribution in [0.5, 0.6) is 0 Å². The Hall–Kier alpha value is -1.52. The molecule has 0 aromatic carbocycles. The molecule has 0 spiro atoms. The number of carboxylic acid groups (broad SMARTS) is 1. The van der Waals surface area contributed by atoms with Crippen molar-refractivity contribution in [1.29, 1.82) is 0 Å². The third-order valence-electron chi connectivity index (χ3n) is 3.01. The van der Waals surface area contributed by atoms with Crippen molar-refractivity contribution in [2.45, 2.75) is 45.3 Å². The molecule has 0 saturated heterocycles. The summed E-state index contributed by atoms with van der Waals surface area (Å²) < 4.78 is 5.05. The number of amides is 1. The average molecular weight is 241 g/mol. The van der Waals surface area contributed by atoms with E-state index in [0.29, 0.717) is 6.42 Å². The van der Waals surface area contributed by atoms with Gasteiger partial charge in [-0.2, -0.15) is 0 Å². The molecular weight excluding hydrogens is 222 g/mol. The first-order valence-corrected chi connectivity index (χ1v) is 5.44. The Bertz CT molecular complexity index is 371. The van der Waals surface area contributed by atoms with Crippen molar-refractivity contribution in [1.82, 2.24) is 5.32 Å². The van der Waals surface area contributed by atoms with E-state index in [1.54, 1.807) is 33.8 Å². The Morgan fingerprint density at radius 1 is 1.47 bits per heavy atom. The lowest BCUT2D eigenvalue weighted by Crippen LogP contribution is -2.48. The normalized spacial score (nSPS) is 31.5. The molecule has 2 atom stereocenters. The van der Waals surface area contributed by atoms with E-state index in [2.05, 4.69) is 11.9 Å². The van der Waals surface area contributed by atoms with Crippen molar-refractivity contribution in [2.24, 2.45) is 5.41 Å². The predicted molar refractivity (Wildman–Crippen MR) is 62.7 cm³/mol. The number of carbonyl (C=O) groups is 2. The van der Waals surface area contributed by atoms with Gasteiger partial charge in [-0.15, -0.1) is 6.58 Å². The second-order valence-electron chi connectivity index (χ2n) is 5.64. The first-order valence-electron chi connectivity index (χ1n) is 5.44. The van der Waals surface area contributed by atoms with Gasteiger partial charge in [-0.25, -0.2) is 9.59 Å². The molecule has 5 nitrogen and oxygen atoms in total. The van der Waals surface area contributed by atoms with Crippen molar-refractivity contribution < 1.29 is 19.4 Å². The largest absolute Gasteiger partial charge is 0.479 e. The van der Waals surface area contributed by atoms with Gasteiger partial charge in [0.05, 0.1) is 0 Å². The van der Waals surface area contributed by atoms with Crippen LogP contribution in [0.15, 0.2) is 12.7 Å². The molecule has 0 heterocycles. The molecule has 2 N–H and O–H groups in total. The summed E-state index contributed by atoms with van der Waals surface area (Å²) in [7, 11) is 0. The molecule has 1 rings (SSSR count). The second kappa shape index (κ2) is 3.75. The molecule has 1 fully saturated rings. The van der Waals surface area contributed by atoms with Crippen LogP contribution in [0, 0.1) is 5.41 Å². The molecule has 17 heavy (non-hydrogen) atoms. The number of hydrogen-bond acceptors (Lipinski definition) is 3. The van der Waals surface area contributed by atoms with E-state index in [-0.39, 0.29) is 0 Å². The average Bonchev–Trinajstić information content (AvgIpc) is 2.70. The fourth-order valence-electron chi connectivity index (χ4n) is 1.79. The lowest BCUT2D eigenvalue weighted by molar-refractivity contribution is -0.141. The van der Waals surface area contributed by atoms with Crippen LogP contribution in [-0.2, 0) is 9.53 Å². The van der Waals surface area contributed by atoms with E-state index in [1.165, 1.54) is 0 Å². The van der Waals surface area contributed by atoms with Gasteiger partial charge in [0.15, 0.2) is 5.54 Å². The van der Waals surface area contributed by atoms with Gasteiger partial charge >= 0.3 is 12.1 Å². The molecule has 2 unspecified atom stereocenters. The van der Waals surface area contributed by atoms with Crippen LogP contribution >= 0.6 is 0 Å².